The van der Waals surface area contributed by atoms with Crippen LogP contribution >= 0.6 is 11.6 Å². The van der Waals surface area contributed by atoms with E-state index in [0.29, 0.717) is 22.7 Å². The highest BCUT2D eigenvalue weighted by atomic mass is 35.5. The van der Waals surface area contributed by atoms with E-state index in [1.807, 2.05) is 0 Å². The molecule has 0 atom stereocenters. The van der Waals surface area contributed by atoms with Crippen molar-refractivity contribution < 1.29 is 18.7 Å². The Labute approximate surface area is 166 Å². The molecule has 0 spiro atoms. The van der Waals surface area contributed by atoms with Crippen LogP contribution in [-0.4, -0.2) is 18.9 Å². The smallest absolute Gasteiger partial charge is 0.255 e. The maximum absolute atomic E-state index is 13.2. The average molecular weight is 399 g/mol. The van der Waals surface area contributed by atoms with Crippen molar-refractivity contribution >= 4 is 34.8 Å². The van der Waals surface area contributed by atoms with Gasteiger partial charge in [-0.15, -0.1) is 0 Å². The predicted octanol–water partition coefficient (Wildman–Crippen LogP) is 4.99. The van der Waals surface area contributed by atoms with Crippen LogP contribution in [0.4, 0.5) is 15.8 Å². The molecule has 7 heteroatoms. The summed E-state index contributed by atoms with van der Waals surface area (Å²) in [5, 5.41) is 5.28. The summed E-state index contributed by atoms with van der Waals surface area (Å²) < 4.78 is 18.4. The summed E-state index contributed by atoms with van der Waals surface area (Å²) in [6, 6.07) is 17.1. The van der Waals surface area contributed by atoms with Gasteiger partial charge in [0, 0.05) is 16.8 Å². The minimum absolute atomic E-state index is 0.0947. The normalized spacial score (nSPS) is 10.2. The highest BCUT2D eigenvalue weighted by molar-refractivity contribution is 6.31. The molecule has 3 aromatic carbocycles. The monoisotopic (exact) mass is 398 g/mol. The zero-order chi connectivity index (χ0) is 20.1. The van der Waals surface area contributed by atoms with Gasteiger partial charge in [-0.3, -0.25) is 9.59 Å². The largest absolute Gasteiger partial charge is 0.495 e. The molecule has 0 aliphatic heterocycles. The lowest BCUT2D eigenvalue weighted by Crippen LogP contribution is -2.16. The zero-order valence-electron chi connectivity index (χ0n) is 14.8. The first-order valence-corrected chi connectivity index (χ1v) is 8.66. The summed E-state index contributed by atoms with van der Waals surface area (Å²) >= 11 is 5.72. The van der Waals surface area contributed by atoms with Gasteiger partial charge >= 0.3 is 0 Å². The van der Waals surface area contributed by atoms with Crippen LogP contribution < -0.4 is 15.4 Å². The molecule has 2 N–H and O–H groups in total. The lowest BCUT2D eigenvalue weighted by atomic mass is 10.1. The van der Waals surface area contributed by atoms with Crippen molar-refractivity contribution in [1.82, 2.24) is 0 Å². The third-order valence-corrected chi connectivity index (χ3v) is 4.21. The molecule has 0 aliphatic rings. The van der Waals surface area contributed by atoms with Crippen LogP contribution in [0, 0.1) is 5.82 Å². The number of methoxy groups -OCH3 is 1. The van der Waals surface area contributed by atoms with Crippen molar-refractivity contribution in [2.75, 3.05) is 17.7 Å². The van der Waals surface area contributed by atoms with Crippen LogP contribution in [0.3, 0.4) is 0 Å². The van der Waals surface area contributed by atoms with Crippen LogP contribution in [0.1, 0.15) is 20.7 Å². The van der Waals surface area contributed by atoms with Gasteiger partial charge in [0.2, 0.25) is 0 Å². The van der Waals surface area contributed by atoms with Crippen molar-refractivity contribution in [2.24, 2.45) is 0 Å². The maximum Gasteiger partial charge on any atom is 0.255 e. The highest BCUT2D eigenvalue weighted by Gasteiger charge is 2.13. The number of anilines is 2. The predicted molar refractivity (Wildman–Crippen MR) is 107 cm³/mol. The molecular weight excluding hydrogens is 383 g/mol. The molecule has 0 aromatic heterocycles. The minimum atomic E-state index is -0.574. The number of hydrogen-bond acceptors (Lipinski definition) is 3. The minimum Gasteiger partial charge on any atom is -0.495 e. The fraction of sp³-hybridized carbons (Fsp3) is 0.0476. The van der Waals surface area contributed by atoms with E-state index in [9.17, 15) is 14.0 Å². The number of carbonyl (C=O) groups is 2. The second kappa shape index (κ2) is 8.54. The molecule has 28 heavy (non-hydrogen) atoms. The molecule has 0 saturated carbocycles. The molecule has 142 valence electrons. The number of para-hydroxylation sites is 2. The molecule has 3 rings (SSSR count). The van der Waals surface area contributed by atoms with Gasteiger partial charge in [0.15, 0.2) is 0 Å². The highest BCUT2D eigenvalue weighted by Crippen LogP contribution is 2.24. The Morgan fingerprint density at radius 1 is 0.893 bits per heavy atom. The van der Waals surface area contributed by atoms with Gasteiger partial charge in [0.1, 0.15) is 11.6 Å². The number of rotatable bonds is 5. The van der Waals surface area contributed by atoms with Gasteiger partial charge in [-0.2, -0.15) is 0 Å². The number of amides is 2. The second-order valence-electron chi connectivity index (χ2n) is 5.82. The van der Waals surface area contributed by atoms with E-state index in [1.165, 1.54) is 25.3 Å². The third-order valence-electron chi connectivity index (χ3n) is 3.92. The maximum atomic E-state index is 13.2. The Kier molecular flexibility index (Phi) is 5.91. The van der Waals surface area contributed by atoms with Gasteiger partial charge in [0.05, 0.1) is 17.8 Å². The third kappa shape index (κ3) is 4.47. The molecule has 0 unspecified atom stereocenters. The molecule has 5 nitrogen and oxygen atoms in total. The molecular formula is C21H16ClFN2O3. The fourth-order valence-corrected chi connectivity index (χ4v) is 2.70. The van der Waals surface area contributed by atoms with Crippen LogP contribution in [0.15, 0.2) is 66.7 Å². The van der Waals surface area contributed by atoms with Gasteiger partial charge in [-0.1, -0.05) is 29.8 Å². The molecule has 0 fully saturated rings. The Balaban J connectivity index is 1.76. The lowest BCUT2D eigenvalue weighted by Gasteiger charge is -2.11. The van der Waals surface area contributed by atoms with Crippen molar-refractivity contribution in [1.29, 1.82) is 0 Å². The Bertz CT molecular complexity index is 1040. The van der Waals surface area contributed by atoms with E-state index >= 15 is 0 Å². The van der Waals surface area contributed by atoms with Crippen molar-refractivity contribution in [3.63, 3.8) is 0 Å². The number of ether oxygens (including phenoxy) is 1. The average Bonchev–Trinajstić information content (AvgIpc) is 2.71. The SMILES string of the molecule is COc1ccccc1NC(=O)c1cccc(C(=O)Nc2ccc(F)c(Cl)c2)c1. The Morgan fingerprint density at radius 2 is 1.57 bits per heavy atom. The molecule has 3 aromatic rings. The summed E-state index contributed by atoms with van der Waals surface area (Å²) in [4.78, 5) is 25.0. The number of hydrogen-bond donors (Lipinski definition) is 2. The molecule has 0 aliphatic carbocycles. The van der Waals surface area contributed by atoms with Gasteiger partial charge in [-0.25, -0.2) is 4.39 Å². The number of halogens is 2. The molecule has 0 bridgehead atoms. The number of benzene rings is 3. The second-order valence-corrected chi connectivity index (χ2v) is 6.23. The van der Waals surface area contributed by atoms with Crippen molar-refractivity contribution in [3.05, 3.63) is 88.7 Å². The van der Waals surface area contributed by atoms with Crippen molar-refractivity contribution in [2.45, 2.75) is 0 Å². The molecule has 0 saturated heterocycles. The summed E-state index contributed by atoms with van der Waals surface area (Å²) in [6.07, 6.45) is 0. The molecule has 0 heterocycles. The van der Waals surface area contributed by atoms with Crippen LogP contribution in [0.25, 0.3) is 0 Å². The van der Waals surface area contributed by atoms with E-state index in [0.717, 1.165) is 6.07 Å². The summed E-state index contributed by atoms with van der Waals surface area (Å²) in [6.45, 7) is 0. The number of nitrogens with one attached hydrogen (secondary N) is 2. The summed E-state index contributed by atoms with van der Waals surface area (Å²) in [5.41, 5.74) is 1.44. The summed E-state index contributed by atoms with van der Waals surface area (Å²) in [5.74, 6) is -0.883. The Hall–Kier alpha value is -3.38. The van der Waals surface area contributed by atoms with Crippen LogP contribution in [-0.2, 0) is 0 Å². The van der Waals surface area contributed by atoms with E-state index < -0.39 is 11.7 Å². The zero-order valence-corrected chi connectivity index (χ0v) is 15.6. The quantitative estimate of drug-likeness (QED) is 0.636. The van der Waals surface area contributed by atoms with Gasteiger partial charge in [0.25, 0.3) is 11.8 Å². The fourth-order valence-electron chi connectivity index (χ4n) is 2.52. The van der Waals surface area contributed by atoms with E-state index in [4.69, 9.17) is 16.3 Å². The molecule has 0 radical (unpaired) electrons. The first kappa shape index (κ1) is 19.4. The summed E-state index contributed by atoms with van der Waals surface area (Å²) in [7, 11) is 1.51. The standard InChI is InChI=1S/C21H16ClFN2O3/c1-28-19-8-3-2-7-18(19)25-21(27)14-6-4-5-13(11-14)20(26)24-15-9-10-17(23)16(22)12-15/h2-12H,1H3,(H,24,26)(H,25,27). The number of carbonyl (C=O) groups excluding carboxylic acids is 2. The van der Waals surface area contributed by atoms with E-state index in [-0.39, 0.29) is 16.5 Å². The van der Waals surface area contributed by atoms with Crippen molar-refractivity contribution in [3.8, 4) is 5.75 Å². The van der Waals surface area contributed by atoms with Crippen LogP contribution in [0.2, 0.25) is 5.02 Å². The van der Waals surface area contributed by atoms with Gasteiger partial charge < -0.3 is 15.4 Å². The lowest BCUT2D eigenvalue weighted by molar-refractivity contribution is 0.102. The first-order valence-electron chi connectivity index (χ1n) is 8.29. The topological polar surface area (TPSA) is 67.4 Å². The van der Waals surface area contributed by atoms with Gasteiger partial charge in [-0.05, 0) is 48.5 Å². The first-order chi connectivity index (χ1) is 13.5. The molecule has 2 amide bonds. The van der Waals surface area contributed by atoms with E-state index in [2.05, 4.69) is 10.6 Å². The van der Waals surface area contributed by atoms with Crippen LogP contribution in [0.5, 0.6) is 5.75 Å². The Morgan fingerprint density at radius 3 is 2.25 bits per heavy atom. The van der Waals surface area contributed by atoms with E-state index in [1.54, 1.807) is 42.5 Å².